The van der Waals surface area contributed by atoms with Gasteiger partial charge in [-0.2, -0.15) is 0 Å². The molecule has 0 saturated heterocycles. The van der Waals surface area contributed by atoms with Crippen LogP contribution in [0.4, 0.5) is 0 Å². The third kappa shape index (κ3) is 2.00. The van der Waals surface area contributed by atoms with E-state index >= 15 is 0 Å². The molecule has 0 atom stereocenters. The molecule has 1 aromatic rings. The summed E-state index contributed by atoms with van der Waals surface area (Å²) < 4.78 is 0. The van der Waals surface area contributed by atoms with Crippen molar-refractivity contribution in [2.24, 2.45) is 5.92 Å². The molecular weight excluding hydrogens is 180 g/mol. The first-order chi connectivity index (χ1) is 6.75. The quantitative estimate of drug-likeness (QED) is 0.671. The van der Waals surface area contributed by atoms with Crippen LogP contribution >= 0.6 is 0 Å². The number of hydrogen-bond donors (Lipinski definition) is 3. The van der Waals surface area contributed by atoms with Crippen LogP contribution in [-0.4, -0.2) is 15.1 Å². The summed E-state index contributed by atoms with van der Waals surface area (Å²) in [6.45, 7) is 0. The summed E-state index contributed by atoms with van der Waals surface area (Å²) >= 11 is 0. The van der Waals surface area contributed by atoms with Gasteiger partial charge >= 0.3 is 5.69 Å². The number of aromatic amines is 2. The fourth-order valence-corrected chi connectivity index (χ4v) is 2.24. The second-order valence-electron chi connectivity index (χ2n) is 4.11. The average molecular weight is 196 g/mol. The third-order valence-corrected chi connectivity index (χ3v) is 3.00. The van der Waals surface area contributed by atoms with E-state index in [4.69, 9.17) is 0 Å². The molecule has 3 N–H and O–H groups in total. The Bertz CT molecular complexity index is 347. The highest BCUT2D eigenvalue weighted by atomic mass is 16.3. The van der Waals surface area contributed by atoms with Crippen LogP contribution in [0, 0.1) is 5.92 Å². The molecule has 0 radical (unpaired) electrons. The molecule has 4 nitrogen and oxygen atoms in total. The third-order valence-electron chi connectivity index (χ3n) is 3.00. The summed E-state index contributed by atoms with van der Waals surface area (Å²) in [5.41, 5.74) is 0.357. The van der Waals surface area contributed by atoms with Gasteiger partial charge < -0.3 is 10.1 Å². The van der Waals surface area contributed by atoms with E-state index in [1.54, 1.807) is 0 Å². The molecule has 78 valence electrons. The number of aromatic nitrogens is 2. The Morgan fingerprint density at radius 3 is 2.50 bits per heavy atom. The van der Waals surface area contributed by atoms with Crippen molar-refractivity contribution in [3.63, 3.8) is 0 Å². The summed E-state index contributed by atoms with van der Waals surface area (Å²) in [5.74, 6) is 0.640. The molecule has 0 unspecified atom stereocenters. The van der Waals surface area contributed by atoms with Gasteiger partial charge in [-0.25, -0.2) is 4.79 Å². The maximum atomic E-state index is 10.9. The van der Waals surface area contributed by atoms with Gasteiger partial charge in [0.2, 0.25) is 5.88 Å². The summed E-state index contributed by atoms with van der Waals surface area (Å²) in [6.07, 6.45) is 7.11. The minimum absolute atomic E-state index is 0.0144. The Hall–Kier alpha value is -1.19. The standard InChI is InChI=1S/C10H16N2O2/c13-9-8(11-10(14)12-9)6-7-4-2-1-3-5-7/h7,13H,1-6H2,(H2,11,12,14). The number of hydrogen-bond acceptors (Lipinski definition) is 2. The van der Waals surface area contributed by atoms with Crippen LogP contribution in [0.2, 0.25) is 0 Å². The zero-order valence-electron chi connectivity index (χ0n) is 8.18. The normalized spacial score (nSPS) is 18.6. The molecule has 4 heteroatoms. The Kier molecular flexibility index (Phi) is 2.61. The smallest absolute Gasteiger partial charge is 0.325 e. The molecule has 1 saturated carbocycles. The second-order valence-corrected chi connectivity index (χ2v) is 4.11. The first-order valence-electron chi connectivity index (χ1n) is 5.26. The zero-order chi connectivity index (χ0) is 9.97. The summed E-state index contributed by atoms with van der Waals surface area (Å²) in [6, 6.07) is 0. The van der Waals surface area contributed by atoms with Crippen molar-refractivity contribution in [2.75, 3.05) is 0 Å². The lowest BCUT2D eigenvalue weighted by molar-refractivity contribution is 0.348. The monoisotopic (exact) mass is 196 g/mol. The molecule has 2 rings (SSSR count). The minimum atomic E-state index is -0.312. The fourth-order valence-electron chi connectivity index (χ4n) is 2.24. The van der Waals surface area contributed by atoms with E-state index in [9.17, 15) is 9.90 Å². The Morgan fingerprint density at radius 2 is 1.93 bits per heavy atom. The van der Waals surface area contributed by atoms with Crippen molar-refractivity contribution in [3.05, 3.63) is 16.2 Å². The van der Waals surface area contributed by atoms with Gasteiger partial charge in [0, 0.05) is 0 Å². The van der Waals surface area contributed by atoms with Crippen molar-refractivity contribution < 1.29 is 5.11 Å². The van der Waals surface area contributed by atoms with Gasteiger partial charge in [-0.05, 0) is 12.3 Å². The predicted molar refractivity (Wildman–Crippen MR) is 53.4 cm³/mol. The van der Waals surface area contributed by atoms with Crippen LogP contribution in [-0.2, 0) is 6.42 Å². The van der Waals surface area contributed by atoms with Crippen LogP contribution in [0.1, 0.15) is 37.8 Å². The van der Waals surface area contributed by atoms with E-state index in [1.165, 1.54) is 32.1 Å². The lowest BCUT2D eigenvalue weighted by atomic mass is 9.86. The van der Waals surface area contributed by atoms with E-state index in [0.29, 0.717) is 11.6 Å². The van der Waals surface area contributed by atoms with Crippen LogP contribution in [0.5, 0.6) is 5.88 Å². The Morgan fingerprint density at radius 1 is 1.21 bits per heavy atom. The van der Waals surface area contributed by atoms with Crippen LogP contribution < -0.4 is 5.69 Å². The topological polar surface area (TPSA) is 68.9 Å². The van der Waals surface area contributed by atoms with Crippen molar-refractivity contribution >= 4 is 0 Å². The first-order valence-corrected chi connectivity index (χ1v) is 5.26. The largest absolute Gasteiger partial charge is 0.493 e. The lowest BCUT2D eigenvalue weighted by Crippen LogP contribution is -2.10. The molecule has 1 aromatic heterocycles. The van der Waals surface area contributed by atoms with Gasteiger partial charge in [-0.3, -0.25) is 4.98 Å². The number of rotatable bonds is 2. The molecule has 0 aromatic carbocycles. The van der Waals surface area contributed by atoms with Gasteiger partial charge in [0.25, 0.3) is 0 Å². The van der Waals surface area contributed by atoms with Gasteiger partial charge in [0.1, 0.15) is 0 Å². The molecule has 0 amide bonds. The van der Waals surface area contributed by atoms with Gasteiger partial charge in [-0.15, -0.1) is 0 Å². The highest BCUT2D eigenvalue weighted by Gasteiger charge is 2.16. The fraction of sp³-hybridized carbons (Fsp3) is 0.700. The Balaban J connectivity index is 2.02. The van der Waals surface area contributed by atoms with Gasteiger partial charge in [0.15, 0.2) is 0 Å². The highest BCUT2D eigenvalue weighted by molar-refractivity contribution is 5.16. The molecule has 1 aliphatic carbocycles. The van der Waals surface area contributed by atoms with Crippen LogP contribution in [0.25, 0.3) is 0 Å². The molecule has 14 heavy (non-hydrogen) atoms. The first kappa shape index (κ1) is 9.37. The predicted octanol–water partition coefficient (Wildman–Crippen LogP) is 1.53. The van der Waals surface area contributed by atoms with Crippen LogP contribution in [0.3, 0.4) is 0 Å². The minimum Gasteiger partial charge on any atom is -0.493 e. The molecule has 0 spiro atoms. The average Bonchev–Trinajstić information content (AvgIpc) is 2.47. The second kappa shape index (κ2) is 3.90. The van der Waals surface area contributed by atoms with Crippen molar-refractivity contribution in [3.8, 4) is 5.88 Å². The summed E-state index contributed by atoms with van der Waals surface area (Å²) in [5, 5.41) is 9.38. The number of H-pyrrole nitrogens is 2. The van der Waals surface area contributed by atoms with Gasteiger partial charge in [-0.1, -0.05) is 32.1 Å². The Labute approximate surface area is 82.4 Å². The molecule has 1 aliphatic rings. The molecule has 0 bridgehead atoms. The summed E-state index contributed by atoms with van der Waals surface area (Å²) in [4.78, 5) is 15.9. The number of nitrogens with one attached hydrogen (secondary N) is 2. The maximum Gasteiger partial charge on any atom is 0.325 e. The van der Waals surface area contributed by atoms with Gasteiger partial charge in [0.05, 0.1) is 5.69 Å². The van der Waals surface area contributed by atoms with E-state index < -0.39 is 0 Å². The summed E-state index contributed by atoms with van der Waals surface area (Å²) in [7, 11) is 0. The molecular formula is C10H16N2O2. The number of imidazole rings is 1. The van der Waals surface area contributed by atoms with Crippen molar-refractivity contribution in [2.45, 2.75) is 38.5 Å². The van der Waals surface area contributed by atoms with E-state index in [-0.39, 0.29) is 11.6 Å². The zero-order valence-corrected chi connectivity index (χ0v) is 8.18. The van der Waals surface area contributed by atoms with Crippen molar-refractivity contribution in [1.29, 1.82) is 0 Å². The molecule has 0 aliphatic heterocycles. The van der Waals surface area contributed by atoms with E-state index in [0.717, 1.165) is 6.42 Å². The molecule has 1 fully saturated rings. The van der Waals surface area contributed by atoms with E-state index in [2.05, 4.69) is 9.97 Å². The SMILES string of the molecule is O=c1[nH]c(O)c(CC2CCCCC2)[nH]1. The van der Waals surface area contributed by atoms with E-state index in [1.807, 2.05) is 0 Å². The van der Waals surface area contributed by atoms with Crippen LogP contribution in [0.15, 0.2) is 4.79 Å². The lowest BCUT2D eigenvalue weighted by Gasteiger charge is -2.20. The number of aromatic hydroxyl groups is 1. The molecule has 1 heterocycles. The maximum absolute atomic E-state index is 10.9. The highest BCUT2D eigenvalue weighted by Crippen LogP contribution is 2.27. The van der Waals surface area contributed by atoms with Crippen molar-refractivity contribution in [1.82, 2.24) is 9.97 Å².